The highest BCUT2D eigenvalue weighted by molar-refractivity contribution is 5.71. The van der Waals surface area contributed by atoms with Gasteiger partial charge in [-0.1, -0.05) is 6.42 Å². The molecule has 0 aromatic rings. The zero-order valence-electron chi connectivity index (χ0n) is 6.72. The lowest BCUT2D eigenvalue weighted by molar-refractivity contribution is 0.0849. The van der Waals surface area contributed by atoms with Gasteiger partial charge >= 0.3 is 6.09 Å². The van der Waals surface area contributed by atoms with Gasteiger partial charge in [-0.05, 0) is 26.2 Å². The quantitative estimate of drug-likeness (QED) is 0.574. The van der Waals surface area contributed by atoms with Crippen LogP contribution in [0, 0.1) is 0 Å². The zero-order valence-corrected chi connectivity index (χ0v) is 6.72. The molecule has 1 aliphatic carbocycles. The lowest BCUT2D eigenvalue weighted by Crippen LogP contribution is -2.47. The van der Waals surface area contributed by atoms with Gasteiger partial charge in [0.2, 0.25) is 0 Å². The van der Waals surface area contributed by atoms with Crippen LogP contribution in [0.3, 0.4) is 0 Å². The maximum absolute atomic E-state index is 10.9. The van der Waals surface area contributed by atoms with Crippen molar-refractivity contribution in [2.75, 3.05) is 0 Å². The Labute approximate surface area is 66.1 Å². The molecule has 1 saturated heterocycles. The van der Waals surface area contributed by atoms with Gasteiger partial charge in [-0.3, -0.25) is 0 Å². The number of hydrogen-bond acceptors (Lipinski definition) is 2. The van der Waals surface area contributed by atoms with Crippen LogP contribution in [0.2, 0.25) is 0 Å². The van der Waals surface area contributed by atoms with E-state index in [0.29, 0.717) is 0 Å². The largest absolute Gasteiger partial charge is 0.444 e. The van der Waals surface area contributed by atoms with Gasteiger partial charge in [0.1, 0.15) is 6.10 Å². The van der Waals surface area contributed by atoms with E-state index in [2.05, 4.69) is 12.2 Å². The van der Waals surface area contributed by atoms with Crippen LogP contribution in [0.15, 0.2) is 0 Å². The summed E-state index contributed by atoms with van der Waals surface area (Å²) >= 11 is 0. The second-order valence-electron chi connectivity index (χ2n) is 3.68. The van der Waals surface area contributed by atoms with Crippen molar-refractivity contribution in [3.63, 3.8) is 0 Å². The molecule has 1 saturated carbocycles. The van der Waals surface area contributed by atoms with E-state index in [4.69, 9.17) is 4.74 Å². The van der Waals surface area contributed by atoms with Gasteiger partial charge in [-0.2, -0.15) is 0 Å². The lowest BCUT2D eigenvalue weighted by Gasteiger charge is -2.32. The summed E-state index contributed by atoms with van der Waals surface area (Å²) in [6, 6.07) is 0. The predicted octanol–water partition coefficient (Wildman–Crippen LogP) is 1.43. The number of fused-ring (bicyclic) bond motifs is 1. The second kappa shape index (κ2) is 2.13. The van der Waals surface area contributed by atoms with Crippen molar-refractivity contribution in [3.8, 4) is 0 Å². The smallest absolute Gasteiger partial charge is 0.408 e. The highest BCUT2D eigenvalue weighted by Crippen LogP contribution is 2.34. The first-order valence-electron chi connectivity index (χ1n) is 4.19. The number of alkyl carbamates (subject to hydrolysis) is 1. The summed E-state index contributed by atoms with van der Waals surface area (Å²) in [5, 5.41) is 2.87. The van der Waals surface area contributed by atoms with Crippen LogP contribution in [0.5, 0.6) is 0 Å². The van der Waals surface area contributed by atoms with E-state index in [0.717, 1.165) is 12.8 Å². The number of amides is 1. The van der Waals surface area contributed by atoms with Gasteiger partial charge in [0.15, 0.2) is 0 Å². The van der Waals surface area contributed by atoms with Crippen LogP contribution >= 0.6 is 0 Å². The van der Waals surface area contributed by atoms with Gasteiger partial charge in [0.25, 0.3) is 0 Å². The molecule has 0 aromatic heterocycles. The first-order valence-corrected chi connectivity index (χ1v) is 4.19. The van der Waals surface area contributed by atoms with E-state index >= 15 is 0 Å². The van der Waals surface area contributed by atoms with Crippen molar-refractivity contribution in [2.24, 2.45) is 0 Å². The molecule has 1 unspecified atom stereocenters. The Hall–Kier alpha value is -0.730. The Morgan fingerprint density at radius 1 is 1.64 bits per heavy atom. The van der Waals surface area contributed by atoms with E-state index in [1.165, 1.54) is 12.8 Å². The summed E-state index contributed by atoms with van der Waals surface area (Å²) in [4.78, 5) is 10.9. The standard InChI is InChI=1S/C8H13NO2/c1-8-5-3-2-4-6(8)11-7(10)9-8/h6H,2-5H2,1H3,(H,9,10)/t6?,8-/m1/s1. The van der Waals surface area contributed by atoms with Crippen LogP contribution in [-0.2, 0) is 4.74 Å². The van der Waals surface area contributed by atoms with E-state index < -0.39 is 0 Å². The summed E-state index contributed by atoms with van der Waals surface area (Å²) in [5.74, 6) is 0. The molecule has 3 heteroatoms. The summed E-state index contributed by atoms with van der Waals surface area (Å²) in [5.41, 5.74) is -0.0602. The van der Waals surface area contributed by atoms with E-state index in [-0.39, 0.29) is 17.7 Å². The Morgan fingerprint density at radius 2 is 2.45 bits per heavy atom. The molecule has 1 amide bonds. The van der Waals surface area contributed by atoms with E-state index in [9.17, 15) is 4.79 Å². The average Bonchev–Trinajstić information content (AvgIpc) is 2.22. The van der Waals surface area contributed by atoms with Crippen LogP contribution in [-0.4, -0.2) is 17.7 Å². The molecule has 0 aromatic carbocycles. The number of rotatable bonds is 0. The highest BCUT2D eigenvalue weighted by atomic mass is 16.6. The maximum Gasteiger partial charge on any atom is 0.408 e. The zero-order chi connectivity index (χ0) is 7.90. The molecule has 0 radical (unpaired) electrons. The molecule has 3 nitrogen and oxygen atoms in total. The van der Waals surface area contributed by atoms with Crippen LogP contribution in [0.25, 0.3) is 0 Å². The first kappa shape index (κ1) is 6.95. The molecule has 0 spiro atoms. The molecular formula is C8H13NO2. The third-order valence-electron chi connectivity index (χ3n) is 2.76. The van der Waals surface area contributed by atoms with Crippen LogP contribution in [0.4, 0.5) is 4.79 Å². The lowest BCUT2D eigenvalue weighted by atomic mass is 9.81. The van der Waals surface area contributed by atoms with Crippen LogP contribution < -0.4 is 5.32 Å². The Bertz CT molecular complexity index is 193. The molecule has 1 N–H and O–H groups in total. The predicted molar refractivity (Wildman–Crippen MR) is 40.3 cm³/mol. The fraction of sp³-hybridized carbons (Fsp3) is 0.875. The summed E-state index contributed by atoms with van der Waals surface area (Å²) in [6.45, 7) is 2.07. The molecule has 11 heavy (non-hydrogen) atoms. The van der Waals surface area contributed by atoms with Crippen LogP contribution in [0.1, 0.15) is 32.6 Å². The van der Waals surface area contributed by atoms with E-state index in [1.54, 1.807) is 0 Å². The average molecular weight is 155 g/mol. The van der Waals surface area contributed by atoms with Gasteiger partial charge < -0.3 is 10.1 Å². The first-order chi connectivity index (χ1) is 5.21. The van der Waals surface area contributed by atoms with Crippen molar-refractivity contribution >= 4 is 6.09 Å². The topological polar surface area (TPSA) is 38.3 Å². The number of carbonyl (C=O) groups is 1. The molecule has 62 valence electrons. The molecule has 1 aliphatic heterocycles. The minimum absolute atomic E-state index is 0.0602. The van der Waals surface area contributed by atoms with Crippen molar-refractivity contribution in [3.05, 3.63) is 0 Å². The molecule has 1 heterocycles. The van der Waals surface area contributed by atoms with Crippen molar-refractivity contribution in [2.45, 2.75) is 44.2 Å². The number of ether oxygens (including phenoxy) is 1. The Kier molecular flexibility index (Phi) is 1.34. The molecule has 2 atom stereocenters. The molecule has 2 rings (SSSR count). The molecule has 2 fully saturated rings. The number of hydrogen-bond donors (Lipinski definition) is 1. The molecule has 0 bridgehead atoms. The Morgan fingerprint density at radius 3 is 3.18 bits per heavy atom. The molecular weight excluding hydrogens is 142 g/mol. The molecule has 2 aliphatic rings. The van der Waals surface area contributed by atoms with Gasteiger partial charge in [-0.15, -0.1) is 0 Å². The Balaban J connectivity index is 2.17. The van der Waals surface area contributed by atoms with E-state index in [1.807, 2.05) is 0 Å². The second-order valence-corrected chi connectivity index (χ2v) is 3.68. The number of carbonyl (C=O) groups excluding carboxylic acids is 1. The fourth-order valence-electron chi connectivity index (χ4n) is 2.03. The highest BCUT2D eigenvalue weighted by Gasteiger charge is 2.45. The third-order valence-corrected chi connectivity index (χ3v) is 2.76. The SMILES string of the molecule is C[C@@]12CCCCC1OC(=O)N2. The fourth-order valence-corrected chi connectivity index (χ4v) is 2.03. The monoisotopic (exact) mass is 155 g/mol. The summed E-state index contributed by atoms with van der Waals surface area (Å²) < 4.78 is 5.12. The van der Waals surface area contributed by atoms with Crippen molar-refractivity contribution in [1.29, 1.82) is 0 Å². The summed E-state index contributed by atoms with van der Waals surface area (Å²) in [6.07, 6.45) is 4.37. The minimum Gasteiger partial charge on any atom is -0.444 e. The number of nitrogens with one attached hydrogen (secondary N) is 1. The summed E-state index contributed by atoms with van der Waals surface area (Å²) in [7, 11) is 0. The van der Waals surface area contributed by atoms with Gasteiger partial charge in [-0.25, -0.2) is 4.79 Å². The van der Waals surface area contributed by atoms with Gasteiger partial charge in [0.05, 0.1) is 5.54 Å². The minimum atomic E-state index is -0.237. The van der Waals surface area contributed by atoms with Gasteiger partial charge in [0, 0.05) is 0 Å². The normalized spacial score (nSPS) is 42.6. The maximum atomic E-state index is 10.9. The third kappa shape index (κ3) is 0.988. The van der Waals surface area contributed by atoms with Crippen molar-refractivity contribution < 1.29 is 9.53 Å². The van der Waals surface area contributed by atoms with Crippen molar-refractivity contribution in [1.82, 2.24) is 5.32 Å².